The highest BCUT2D eigenvalue weighted by molar-refractivity contribution is 5.21. The summed E-state index contributed by atoms with van der Waals surface area (Å²) in [5, 5.41) is 22.4. The second-order valence-electron chi connectivity index (χ2n) is 15.2. The van der Waals surface area contributed by atoms with E-state index in [9.17, 15) is 15.2 Å². The highest BCUT2D eigenvalue weighted by Gasteiger charge is 2.70. The summed E-state index contributed by atoms with van der Waals surface area (Å²) in [5.74, 6) is 3.04. The van der Waals surface area contributed by atoms with E-state index in [0.29, 0.717) is 40.4 Å². The number of fused-ring (bicyclic) bond motifs is 7. The Morgan fingerprint density at radius 1 is 0.914 bits per heavy atom. The topological polar surface area (TPSA) is 63.4 Å². The monoisotopic (exact) mass is 485 g/mol. The lowest BCUT2D eigenvalue weighted by Crippen LogP contribution is -2.66. The third-order valence-electron chi connectivity index (χ3n) is 14.0. The first-order chi connectivity index (χ1) is 16.2. The molecule has 0 unspecified atom stereocenters. The molecule has 0 aromatic rings. The van der Waals surface area contributed by atoms with Crippen molar-refractivity contribution < 1.29 is 10.0 Å². The average Bonchev–Trinajstić information content (AvgIpc) is 3.16. The van der Waals surface area contributed by atoms with Gasteiger partial charge >= 0.3 is 0 Å². The SMILES string of the molecule is C=C(C)[C@@H]1CC[C@]2(CC[N+](=O)[O-])CC[C@]3(C)[C@H](CC[C@@H]4[C@@]5(C)CC[C@H](O)C(C)(C)[C@@H]5CC[C@]43C)[C@@H]12. The lowest BCUT2D eigenvalue weighted by atomic mass is 9.32. The van der Waals surface area contributed by atoms with Crippen LogP contribution in [0.4, 0.5) is 0 Å². The van der Waals surface area contributed by atoms with Gasteiger partial charge in [-0.15, -0.1) is 0 Å². The molecule has 10 atom stereocenters. The van der Waals surface area contributed by atoms with Crippen LogP contribution in [-0.2, 0) is 0 Å². The van der Waals surface area contributed by atoms with Crippen molar-refractivity contribution in [2.45, 2.75) is 118 Å². The van der Waals surface area contributed by atoms with Crippen molar-refractivity contribution in [3.8, 4) is 0 Å². The van der Waals surface area contributed by atoms with Crippen LogP contribution in [0.1, 0.15) is 112 Å². The Labute approximate surface area is 213 Å². The minimum Gasteiger partial charge on any atom is -0.393 e. The largest absolute Gasteiger partial charge is 0.393 e. The van der Waals surface area contributed by atoms with Gasteiger partial charge in [-0.05, 0) is 128 Å². The van der Waals surface area contributed by atoms with Gasteiger partial charge in [0.2, 0.25) is 6.54 Å². The van der Waals surface area contributed by atoms with Crippen molar-refractivity contribution in [1.82, 2.24) is 0 Å². The highest BCUT2D eigenvalue weighted by Crippen LogP contribution is 2.77. The summed E-state index contributed by atoms with van der Waals surface area (Å²) in [5.41, 5.74) is 2.33. The predicted octanol–water partition coefficient (Wildman–Crippen LogP) is 7.67. The van der Waals surface area contributed by atoms with Gasteiger partial charge in [0.05, 0.1) is 6.10 Å². The zero-order valence-corrected chi connectivity index (χ0v) is 23.4. The molecular formula is C31H51NO3. The van der Waals surface area contributed by atoms with Crippen molar-refractivity contribution >= 4 is 0 Å². The molecule has 0 aromatic heterocycles. The van der Waals surface area contributed by atoms with Crippen molar-refractivity contribution in [2.75, 3.05) is 6.54 Å². The first kappa shape index (κ1) is 25.7. The Morgan fingerprint density at radius 2 is 1.63 bits per heavy atom. The summed E-state index contributed by atoms with van der Waals surface area (Å²) >= 11 is 0. The van der Waals surface area contributed by atoms with Gasteiger partial charge in [-0.1, -0.05) is 46.8 Å². The summed E-state index contributed by atoms with van der Waals surface area (Å²) in [7, 11) is 0. The number of allylic oxidation sites excluding steroid dienone is 1. The molecule has 35 heavy (non-hydrogen) atoms. The summed E-state index contributed by atoms with van der Waals surface area (Å²) in [6.45, 7) is 19.3. The van der Waals surface area contributed by atoms with Crippen LogP contribution in [0.15, 0.2) is 12.2 Å². The maximum atomic E-state index is 11.4. The first-order valence-corrected chi connectivity index (χ1v) is 14.7. The van der Waals surface area contributed by atoms with Gasteiger partial charge in [0.15, 0.2) is 0 Å². The fourth-order valence-corrected chi connectivity index (χ4v) is 12.0. The molecule has 5 saturated carbocycles. The summed E-state index contributed by atoms with van der Waals surface area (Å²) in [4.78, 5) is 11.4. The number of nitro groups is 1. The number of rotatable bonds is 4. The van der Waals surface area contributed by atoms with Crippen LogP contribution in [0.3, 0.4) is 0 Å². The lowest BCUT2D eigenvalue weighted by Gasteiger charge is -2.73. The Bertz CT molecular complexity index is 898. The molecule has 0 radical (unpaired) electrons. The van der Waals surface area contributed by atoms with Gasteiger partial charge in [-0.3, -0.25) is 10.1 Å². The quantitative estimate of drug-likeness (QED) is 0.252. The van der Waals surface area contributed by atoms with Gasteiger partial charge in [-0.2, -0.15) is 0 Å². The highest BCUT2D eigenvalue weighted by atomic mass is 16.6. The van der Waals surface area contributed by atoms with Crippen molar-refractivity contribution in [1.29, 1.82) is 0 Å². The molecule has 0 aromatic carbocycles. The van der Waals surface area contributed by atoms with E-state index in [0.717, 1.165) is 32.1 Å². The number of aliphatic hydroxyl groups is 1. The van der Waals surface area contributed by atoms with Crippen LogP contribution in [0.5, 0.6) is 0 Å². The van der Waals surface area contributed by atoms with Crippen LogP contribution >= 0.6 is 0 Å². The van der Waals surface area contributed by atoms with Crippen LogP contribution in [0, 0.1) is 66.8 Å². The Balaban J connectivity index is 1.53. The Morgan fingerprint density at radius 3 is 2.29 bits per heavy atom. The van der Waals surface area contributed by atoms with E-state index in [1.807, 2.05) is 0 Å². The van der Waals surface area contributed by atoms with E-state index >= 15 is 0 Å². The first-order valence-electron chi connectivity index (χ1n) is 14.7. The molecule has 0 amide bonds. The maximum absolute atomic E-state index is 11.4. The molecule has 5 aliphatic rings. The zero-order chi connectivity index (χ0) is 25.6. The third-order valence-corrected chi connectivity index (χ3v) is 14.0. The molecule has 5 aliphatic carbocycles. The molecule has 1 N–H and O–H groups in total. The Kier molecular flexibility index (Phi) is 5.92. The molecular weight excluding hydrogens is 434 g/mol. The smallest absolute Gasteiger partial charge is 0.204 e. The van der Waals surface area contributed by atoms with Crippen LogP contribution in [0.2, 0.25) is 0 Å². The number of aliphatic hydroxyl groups excluding tert-OH is 1. The molecule has 198 valence electrons. The summed E-state index contributed by atoms with van der Waals surface area (Å²) in [6.07, 6.45) is 12.5. The fourth-order valence-electron chi connectivity index (χ4n) is 12.0. The molecule has 5 rings (SSSR count). The molecule has 0 heterocycles. The standard InChI is InChI=1S/C31H51NO3/c1-20(2)21-10-15-31(18-19-32(34)35)17-16-29(6)22(26(21)31)8-9-24-28(5)13-12-25(33)27(3,4)23(28)11-14-30(24,29)7/h21-26,33H,1,8-19H2,2-7H3/t21-,22+,23-,24+,25-,26+,28-,29+,30+,31+/m0/s1. The maximum Gasteiger partial charge on any atom is 0.204 e. The van der Waals surface area contributed by atoms with Crippen molar-refractivity contribution in [3.05, 3.63) is 22.3 Å². The predicted molar refractivity (Wildman–Crippen MR) is 141 cm³/mol. The lowest BCUT2D eigenvalue weighted by molar-refractivity contribution is -0.484. The van der Waals surface area contributed by atoms with E-state index in [1.54, 1.807) is 0 Å². The van der Waals surface area contributed by atoms with Crippen molar-refractivity contribution in [3.63, 3.8) is 0 Å². The fraction of sp³-hybridized carbons (Fsp3) is 0.935. The van der Waals surface area contributed by atoms with Gasteiger partial charge in [0.1, 0.15) is 0 Å². The van der Waals surface area contributed by atoms with Gasteiger partial charge in [0, 0.05) is 11.3 Å². The molecule has 0 aliphatic heterocycles. The zero-order valence-electron chi connectivity index (χ0n) is 23.4. The minimum atomic E-state index is -0.177. The van der Waals surface area contributed by atoms with E-state index in [1.165, 1.54) is 44.1 Å². The van der Waals surface area contributed by atoms with Crippen molar-refractivity contribution in [2.24, 2.45) is 56.7 Å². The van der Waals surface area contributed by atoms with E-state index in [2.05, 4.69) is 48.1 Å². The second-order valence-corrected chi connectivity index (χ2v) is 15.2. The van der Waals surface area contributed by atoms with Gasteiger partial charge in [-0.25, -0.2) is 0 Å². The van der Waals surface area contributed by atoms with E-state index in [-0.39, 0.29) is 33.8 Å². The Hall–Kier alpha value is -0.900. The van der Waals surface area contributed by atoms with Gasteiger partial charge in [0.25, 0.3) is 0 Å². The molecule has 4 nitrogen and oxygen atoms in total. The molecule has 0 bridgehead atoms. The number of hydrogen-bond donors (Lipinski definition) is 1. The average molecular weight is 486 g/mol. The van der Waals surface area contributed by atoms with Crippen LogP contribution < -0.4 is 0 Å². The molecule has 0 saturated heterocycles. The summed E-state index contributed by atoms with van der Waals surface area (Å²) in [6, 6.07) is 0. The van der Waals surface area contributed by atoms with Crippen LogP contribution in [-0.4, -0.2) is 22.7 Å². The normalized spacial score (nSPS) is 52.5. The summed E-state index contributed by atoms with van der Waals surface area (Å²) < 4.78 is 0. The minimum absolute atomic E-state index is 0.00711. The number of nitrogens with zero attached hydrogens (tertiary/aromatic N) is 1. The van der Waals surface area contributed by atoms with Crippen LogP contribution in [0.25, 0.3) is 0 Å². The molecule has 4 heteroatoms. The molecule has 0 spiro atoms. The second kappa shape index (κ2) is 8.05. The van der Waals surface area contributed by atoms with Gasteiger partial charge < -0.3 is 5.11 Å². The van der Waals surface area contributed by atoms with E-state index < -0.39 is 0 Å². The number of hydrogen-bond acceptors (Lipinski definition) is 3. The molecule has 5 fully saturated rings. The van der Waals surface area contributed by atoms with E-state index in [4.69, 9.17) is 0 Å². The third kappa shape index (κ3) is 3.33.